The summed E-state index contributed by atoms with van der Waals surface area (Å²) in [7, 11) is 0. The molecule has 6 rings (SSSR count). The molecule has 216 valence electrons. The molecule has 0 radical (unpaired) electrons. The fourth-order valence-electron chi connectivity index (χ4n) is 7.85. The van der Waals surface area contributed by atoms with Crippen LogP contribution < -0.4 is 5.32 Å². The number of carbonyl (C=O) groups is 3. The first-order valence-electron chi connectivity index (χ1n) is 14.8. The zero-order valence-electron chi connectivity index (χ0n) is 22.8. The van der Waals surface area contributed by atoms with Crippen LogP contribution in [0.15, 0.2) is 11.8 Å². The van der Waals surface area contributed by atoms with E-state index in [-0.39, 0.29) is 40.7 Å². The van der Waals surface area contributed by atoms with E-state index in [1.165, 1.54) is 12.8 Å². The largest absolute Gasteiger partial charge is 0.368 e. The van der Waals surface area contributed by atoms with Crippen molar-refractivity contribution in [2.24, 2.45) is 5.92 Å². The van der Waals surface area contributed by atoms with E-state index in [0.717, 1.165) is 32.5 Å². The monoisotopic (exact) mass is 565 g/mol. The van der Waals surface area contributed by atoms with Crippen LogP contribution in [0.2, 0.25) is 0 Å². The molecule has 2 saturated carbocycles. The van der Waals surface area contributed by atoms with E-state index in [2.05, 4.69) is 20.0 Å². The van der Waals surface area contributed by atoms with Crippen LogP contribution in [0, 0.1) is 5.92 Å². The number of ketones is 1. The number of morpholine rings is 1. The lowest BCUT2D eigenvalue weighted by Gasteiger charge is -2.60. The van der Waals surface area contributed by atoms with Gasteiger partial charge in [-0.2, -0.15) is 0 Å². The molecular formula is C28H41ClFN5O4. The molecule has 0 aromatic rings. The Bertz CT molecular complexity index is 1000. The molecule has 9 nitrogen and oxygen atoms in total. The highest BCUT2D eigenvalue weighted by Crippen LogP contribution is 2.47. The van der Waals surface area contributed by atoms with E-state index >= 15 is 4.39 Å². The fourth-order valence-corrected chi connectivity index (χ4v) is 8.15. The van der Waals surface area contributed by atoms with Gasteiger partial charge in [0, 0.05) is 69.7 Å². The van der Waals surface area contributed by atoms with E-state index in [1.54, 1.807) is 18.0 Å². The minimum absolute atomic E-state index is 0.0212. The average molecular weight is 566 g/mol. The quantitative estimate of drug-likeness (QED) is 0.395. The van der Waals surface area contributed by atoms with Crippen molar-refractivity contribution in [2.75, 3.05) is 52.4 Å². The third-order valence-corrected chi connectivity index (χ3v) is 10.3. The molecular weight excluding hydrogens is 525 g/mol. The van der Waals surface area contributed by atoms with Crippen LogP contribution >= 0.6 is 11.6 Å². The maximum atomic E-state index is 16.4. The number of amides is 2. The maximum Gasteiger partial charge on any atom is 0.256 e. The van der Waals surface area contributed by atoms with Crippen molar-refractivity contribution in [1.82, 2.24) is 24.9 Å². The highest BCUT2D eigenvalue weighted by Gasteiger charge is 2.59. The van der Waals surface area contributed by atoms with Gasteiger partial charge in [-0.25, -0.2) is 4.39 Å². The molecule has 4 aliphatic heterocycles. The lowest BCUT2D eigenvalue weighted by molar-refractivity contribution is -0.211. The lowest BCUT2D eigenvalue weighted by Crippen LogP contribution is -2.72. The first-order chi connectivity index (χ1) is 18.8. The Kier molecular flexibility index (Phi) is 7.92. The van der Waals surface area contributed by atoms with E-state index < -0.39 is 30.3 Å². The SMILES string of the molecule is CC(=O)N1CCN(C2CC3C(=O)C(C(=O)NCCN4CCCC4)=CN4C5CCC(Cl)CC5OC(C2F)C34)CC1. The molecule has 6 aliphatic rings. The number of nitrogens with one attached hydrogen (secondary N) is 1. The summed E-state index contributed by atoms with van der Waals surface area (Å²) in [5.74, 6) is -1.03. The Morgan fingerprint density at radius 2 is 1.82 bits per heavy atom. The number of alkyl halides is 2. The molecule has 11 heteroatoms. The molecule has 39 heavy (non-hydrogen) atoms. The van der Waals surface area contributed by atoms with E-state index in [9.17, 15) is 14.4 Å². The van der Waals surface area contributed by atoms with Crippen molar-refractivity contribution < 1.29 is 23.5 Å². The second-order valence-corrected chi connectivity index (χ2v) is 12.8. The molecule has 2 amide bonds. The first-order valence-corrected chi connectivity index (χ1v) is 15.2. The number of piperazine rings is 1. The van der Waals surface area contributed by atoms with Gasteiger partial charge < -0.3 is 24.8 Å². The second-order valence-electron chi connectivity index (χ2n) is 12.2. The van der Waals surface area contributed by atoms with E-state index in [0.29, 0.717) is 45.6 Å². The molecule has 2 aliphatic carbocycles. The summed E-state index contributed by atoms with van der Waals surface area (Å²) in [6.07, 6.45) is 4.40. The van der Waals surface area contributed by atoms with Crippen molar-refractivity contribution in [3.05, 3.63) is 11.8 Å². The van der Waals surface area contributed by atoms with Crippen molar-refractivity contribution >= 4 is 29.2 Å². The number of fused-ring (bicyclic) bond motifs is 2. The number of likely N-dealkylation sites (tertiary alicyclic amines) is 1. The minimum atomic E-state index is -1.27. The van der Waals surface area contributed by atoms with Crippen molar-refractivity contribution in [2.45, 2.75) is 87.3 Å². The number of carbonyl (C=O) groups excluding carboxylic acids is 3. The van der Waals surface area contributed by atoms with Gasteiger partial charge in [0.2, 0.25) is 5.91 Å². The molecule has 0 aromatic heterocycles. The summed E-state index contributed by atoms with van der Waals surface area (Å²) in [5, 5.41) is 2.96. The van der Waals surface area contributed by atoms with Crippen LogP contribution in [0.1, 0.15) is 45.4 Å². The van der Waals surface area contributed by atoms with Gasteiger partial charge in [-0.3, -0.25) is 19.3 Å². The van der Waals surface area contributed by atoms with Crippen molar-refractivity contribution in [1.29, 1.82) is 0 Å². The standard InChI is InChI=1S/C28H41ClFN5O4/c1-17(36)33-10-12-34(13-11-33)22-15-19-25-27(24(22)30)39-23-14-18(29)4-5-21(23)35(25)16-20(26(19)37)28(38)31-6-9-32-7-2-3-8-32/h16,18-19,21-25,27H,2-15H2,1H3,(H,31,38). The van der Waals surface area contributed by atoms with E-state index in [1.807, 2.05) is 0 Å². The number of hydrogen-bond donors (Lipinski definition) is 1. The Labute approximate surface area is 235 Å². The summed E-state index contributed by atoms with van der Waals surface area (Å²) in [6.45, 7) is 7.13. The topological polar surface area (TPSA) is 85.4 Å². The average Bonchev–Trinajstić information content (AvgIpc) is 3.44. The smallest absolute Gasteiger partial charge is 0.256 e. The van der Waals surface area contributed by atoms with Gasteiger partial charge in [-0.15, -0.1) is 11.6 Å². The Balaban J connectivity index is 1.24. The molecule has 8 unspecified atom stereocenters. The summed E-state index contributed by atoms with van der Waals surface area (Å²) < 4.78 is 22.8. The van der Waals surface area contributed by atoms with Gasteiger partial charge in [0.1, 0.15) is 12.3 Å². The molecule has 0 spiro atoms. The van der Waals surface area contributed by atoms with Crippen LogP contribution in [-0.4, -0.2) is 131 Å². The van der Waals surface area contributed by atoms with Gasteiger partial charge in [-0.05, 0) is 51.6 Å². The van der Waals surface area contributed by atoms with Gasteiger partial charge in [0.15, 0.2) is 5.78 Å². The van der Waals surface area contributed by atoms with Gasteiger partial charge in [-0.1, -0.05) is 0 Å². The van der Waals surface area contributed by atoms with Crippen molar-refractivity contribution in [3.63, 3.8) is 0 Å². The predicted octanol–water partition coefficient (Wildman–Crippen LogP) is 1.15. The van der Waals surface area contributed by atoms with Gasteiger partial charge >= 0.3 is 0 Å². The highest BCUT2D eigenvalue weighted by molar-refractivity contribution is 6.21. The third-order valence-electron chi connectivity index (χ3n) is 9.94. The second kappa shape index (κ2) is 11.3. The Morgan fingerprint density at radius 1 is 1.08 bits per heavy atom. The number of hydrogen-bond acceptors (Lipinski definition) is 7. The fraction of sp³-hybridized carbons (Fsp3) is 0.821. The zero-order chi connectivity index (χ0) is 27.3. The lowest BCUT2D eigenvalue weighted by atomic mass is 9.69. The van der Waals surface area contributed by atoms with Crippen LogP contribution in [-0.2, 0) is 19.1 Å². The number of rotatable bonds is 5. The summed E-state index contributed by atoms with van der Waals surface area (Å²) in [5.41, 5.74) is 0.183. The normalized spacial score (nSPS) is 39.2. The van der Waals surface area contributed by atoms with Crippen LogP contribution in [0.5, 0.6) is 0 Å². The first kappa shape index (κ1) is 27.4. The van der Waals surface area contributed by atoms with Crippen LogP contribution in [0.25, 0.3) is 0 Å². The Hall–Kier alpha value is -1.75. The predicted molar refractivity (Wildman–Crippen MR) is 144 cm³/mol. The van der Waals surface area contributed by atoms with Gasteiger partial charge in [0.05, 0.1) is 23.8 Å². The Morgan fingerprint density at radius 3 is 2.54 bits per heavy atom. The summed E-state index contributed by atoms with van der Waals surface area (Å²) >= 11 is 6.51. The molecule has 4 heterocycles. The summed E-state index contributed by atoms with van der Waals surface area (Å²) in [4.78, 5) is 47.4. The molecule has 1 N–H and O–H groups in total. The van der Waals surface area contributed by atoms with E-state index in [4.69, 9.17) is 16.3 Å². The molecule has 3 saturated heterocycles. The number of Topliss-reactive ketones (excluding diaryl/α,β-unsaturated/α-hetero) is 1. The maximum absolute atomic E-state index is 16.4. The minimum Gasteiger partial charge on any atom is -0.368 e. The van der Waals surface area contributed by atoms with Gasteiger partial charge in [0.25, 0.3) is 5.91 Å². The van der Waals surface area contributed by atoms with Crippen molar-refractivity contribution in [3.8, 4) is 0 Å². The molecule has 0 aromatic carbocycles. The molecule has 0 bridgehead atoms. The zero-order valence-corrected chi connectivity index (χ0v) is 23.5. The number of ether oxygens (including phenoxy) is 1. The van der Waals surface area contributed by atoms with Crippen LogP contribution in [0.3, 0.4) is 0 Å². The highest BCUT2D eigenvalue weighted by atomic mass is 35.5. The number of nitrogens with zero attached hydrogens (tertiary/aromatic N) is 4. The van der Waals surface area contributed by atoms with Crippen LogP contribution in [0.4, 0.5) is 4.39 Å². The molecule has 8 atom stereocenters. The number of halogens is 2. The summed E-state index contributed by atoms with van der Waals surface area (Å²) in [6, 6.07) is -0.940. The third kappa shape index (κ3) is 5.22. The molecule has 5 fully saturated rings.